The van der Waals surface area contributed by atoms with Crippen molar-refractivity contribution in [1.29, 1.82) is 0 Å². The fourth-order valence-corrected chi connectivity index (χ4v) is 4.20. The molecule has 0 amide bonds. The average molecular weight is 516 g/mol. The van der Waals surface area contributed by atoms with Crippen LogP contribution in [0.2, 0.25) is 0 Å². The molecule has 0 aliphatic heterocycles. The predicted molar refractivity (Wildman–Crippen MR) is 128 cm³/mol. The zero-order chi connectivity index (χ0) is 26.8. The summed E-state index contributed by atoms with van der Waals surface area (Å²) < 4.78 is 99.2. The smallest absolute Gasteiger partial charge is 0.411 e. The van der Waals surface area contributed by atoms with Gasteiger partial charge < -0.3 is 9.47 Å². The molecule has 0 saturated carbocycles. The maximum absolute atomic E-state index is 14.7. The van der Waals surface area contributed by atoms with E-state index < -0.39 is 28.9 Å². The van der Waals surface area contributed by atoms with Crippen molar-refractivity contribution in [3.63, 3.8) is 0 Å². The van der Waals surface area contributed by atoms with Crippen LogP contribution >= 0.6 is 0 Å². The Balaban J connectivity index is 1.85. The van der Waals surface area contributed by atoms with Crippen LogP contribution in [-0.2, 0) is 5.41 Å². The second kappa shape index (κ2) is 9.84. The minimum absolute atomic E-state index is 0.159. The van der Waals surface area contributed by atoms with Crippen LogP contribution in [0.3, 0.4) is 0 Å². The van der Waals surface area contributed by atoms with Gasteiger partial charge in [0, 0.05) is 0 Å². The van der Waals surface area contributed by atoms with Crippen molar-refractivity contribution in [2.24, 2.45) is 0 Å². The van der Waals surface area contributed by atoms with Gasteiger partial charge in [-0.3, -0.25) is 0 Å². The van der Waals surface area contributed by atoms with Crippen LogP contribution in [0.5, 0.6) is 23.0 Å². The van der Waals surface area contributed by atoms with Crippen molar-refractivity contribution in [3.8, 4) is 23.0 Å². The first-order chi connectivity index (χ1) is 17.4. The van der Waals surface area contributed by atoms with Crippen molar-refractivity contribution in [1.82, 2.24) is 0 Å². The maximum Gasteiger partial charge on any atom is 0.411 e. The fraction of sp³-hybridized carbons (Fsp3) is 0.172. The van der Waals surface area contributed by atoms with E-state index in [0.717, 1.165) is 47.5 Å². The van der Waals surface area contributed by atoms with E-state index >= 15 is 0 Å². The first-order valence-corrected chi connectivity index (χ1v) is 11.2. The third-order valence-electron chi connectivity index (χ3n) is 5.83. The molecule has 0 unspecified atom stereocenters. The lowest BCUT2D eigenvalue weighted by Crippen LogP contribution is -2.54. The van der Waals surface area contributed by atoms with E-state index in [1.54, 1.807) is 62.4 Å². The van der Waals surface area contributed by atoms with Crippen LogP contribution in [0.4, 0.5) is 26.3 Å². The summed E-state index contributed by atoms with van der Waals surface area (Å²) >= 11 is 0. The highest BCUT2D eigenvalue weighted by atomic mass is 19.4. The number of rotatable bonds is 6. The first kappa shape index (κ1) is 26.1. The summed E-state index contributed by atoms with van der Waals surface area (Å²) in [6, 6.07) is 21.3. The van der Waals surface area contributed by atoms with Gasteiger partial charge in [-0.2, -0.15) is 26.3 Å². The molecule has 8 heteroatoms. The fourth-order valence-electron chi connectivity index (χ4n) is 4.20. The molecule has 192 valence electrons. The minimum atomic E-state index is -5.74. The Kier molecular flexibility index (Phi) is 6.95. The molecule has 4 rings (SSSR count). The zero-order valence-corrected chi connectivity index (χ0v) is 19.8. The van der Waals surface area contributed by atoms with Crippen molar-refractivity contribution < 1.29 is 35.8 Å². The molecular formula is C29H22F6O2. The summed E-state index contributed by atoms with van der Waals surface area (Å²) in [7, 11) is 0. The number of hydrogen-bond acceptors (Lipinski definition) is 2. The number of halogens is 6. The Bertz CT molecular complexity index is 1280. The molecule has 4 aromatic carbocycles. The lowest BCUT2D eigenvalue weighted by atomic mass is 9.73. The topological polar surface area (TPSA) is 18.5 Å². The molecule has 0 aromatic heterocycles. The van der Waals surface area contributed by atoms with Gasteiger partial charge in [-0.05, 0) is 84.6 Å². The molecule has 2 nitrogen and oxygen atoms in total. The van der Waals surface area contributed by atoms with Gasteiger partial charge in [-0.15, -0.1) is 0 Å². The normalized spacial score (nSPS) is 12.3. The Morgan fingerprint density at radius 1 is 0.459 bits per heavy atom. The summed E-state index contributed by atoms with van der Waals surface area (Å²) in [5, 5.41) is 0. The van der Waals surface area contributed by atoms with Crippen LogP contribution in [0, 0.1) is 13.8 Å². The van der Waals surface area contributed by atoms with Gasteiger partial charge in [0.25, 0.3) is 0 Å². The van der Waals surface area contributed by atoms with Gasteiger partial charge in [-0.1, -0.05) is 48.5 Å². The van der Waals surface area contributed by atoms with Crippen molar-refractivity contribution >= 4 is 0 Å². The number of aryl methyl sites for hydroxylation is 2. The standard InChI is InChI=1S/C29H22F6O2/c1-19-7-3-11-23(15-19)36-25-13-5-9-21(17-25)27(28(30,31)32,29(33,34)35)22-10-6-14-26(18-22)37-24-12-4-8-20(2)16-24/h3-18H,1-2H3. The van der Waals surface area contributed by atoms with Crippen LogP contribution < -0.4 is 9.47 Å². The van der Waals surface area contributed by atoms with E-state index in [9.17, 15) is 26.3 Å². The van der Waals surface area contributed by atoms with E-state index in [0.29, 0.717) is 0 Å². The van der Waals surface area contributed by atoms with Gasteiger partial charge in [0.05, 0.1) is 0 Å². The third-order valence-corrected chi connectivity index (χ3v) is 5.83. The summed E-state index contributed by atoms with van der Waals surface area (Å²) in [4.78, 5) is 0. The zero-order valence-electron chi connectivity index (χ0n) is 19.8. The van der Waals surface area contributed by atoms with E-state index in [-0.39, 0.29) is 23.0 Å². The molecule has 0 aliphatic rings. The van der Waals surface area contributed by atoms with Gasteiger partial charge in [-0.25, -0.2) is 0 Å². The number of hydrogen-bond donors (Lipinski definition) is 0. The Morgan fingerprint density at radius 3 is 1.11 bits per heavy atom. The highest BCUT2D eigenvalue weighted by Gasteiger charge is 2.72. The van der Waals surface area contributed by atoms with Gasteiger partial charge in [0.1, 0.15) is 23.0 Å². The molecule has 0 aliphatic carbocycles. The highest BCUT2D eigenvalue weighted by molar-refractivity contribution is 5.50. The second-order valence-electron chi connectivity index (χ2n) is 8.64. The molecule has 0 fully saturated rings. The monoisotopic (exact) mass is 516 g/mol. The number of ether oxygens (including phenoxy) is 2. The van der Waals surface area contributed by atoms with E-state index in [4.69, 9.17) is 9.47 Å². The Morgan fingerprint density at radius 2 is 0.784 bits per heavy atom. The molecule has 0 spiro atoms. The maximum atomic E-state index is 14.7. The number of benzene rings is 4. The molecule has 0 radical (unpaired) electrons. The first-order valence-electron chi connectivity index (χ1n) is 11.2. The van der Waals surface area contributed by atoms with Crippen molar-refractivity contribution in [2.75, 3.05) is 0 Å². The molecule has 0 saturated heterocycles. The lowest BCUT2D eigenvalue weighted by Gasteiger charge is -2.38. The van der Waals surface area contributed by atoms with Crippen LogP contribution in [0.25, 0.3) is 0 Å². The number of alkyl halides is 6. The van der Waals surface area contributed by atoms with Crippen LogP contribution in [-0.4, -0.2) is 12.4 Å². The largest absolute Gasteiger partial charge is 0.457 e. The summed E-state index contributed by atoms with van der Waals surface area (Å²) in [5.74, 6) is 0.256. The van der Waals surface area contributed by atoms with Gasteiger partial charge >= 0.3 is 12.4 Å². The molecule has 4 aromatic rings. The van der Waals surface area contributed by atoms with Crippen molar-refractivity contribution in [3.05, 3.63) is 119 Å². The third kappa shape index (κ3) is 5.28. The molecule has 0 bridgehead atoms. The molecule has 0 atom stereocenters. The second-order valence-corrected chi connectivity index (χ2v) is 8.64. The molecular weight excluding hydrogens is 494 g/mol. The highest BCUT2D eigenvalue weighted by Crippen LogP contribution is 2.57. The molecule has 0 heterocycles. The quantitative estimate of drug-likeness (QED) is 0.238. The Hall–Kier alpha value is -3.94. The molecule has 37 heavy (non-hydrogen) atoms. The Labute approximate surface area is 210 Å². The van der Waals surface area contributed by atoms with E-state index in [1.807, 2.05) is 0 Å². The van der Waals surface area contributed by atoms with Gasteiger partial charge in [0.15, 0.2) is 0 Å². The van der Waals surface area contributed by atoms with E-state index in [1.165, 1.54) is 12.1 Å². The molecule has 0 N–H and O–H groups in total. The van der Waals surface area contributed by atoms with Gasteiger partial charge in [0.2, 0.25) is 5.41 Å². The van der Waals surface area contributed by atoms with E-state index in [2.05, 4.69) is 0 Å². The van der Waals surface area contributed by atoms with Crippen LogP contribution in [0.1, 0.15) is 22.3 Å². The summed E-state index contributed by atoms with van der Waals surface area (Å²) in [5.41, 5.74) is -4.74. The van der Waals surface area contributed by atoms with Crippen molar-refractivity contribution in [2.45, 2.75) is 31.6 Å². The van der Waals surface area contributed by atoms with Crippen LogP contribution in [0.15, 0.2) is 97.1 Å². The summed E-state index contributed by atoms with van der Waals surface area (Å²) in [6.45, 7) is 3.57. The SMILES string of the molecule is Cc1cccc(Oc2cccc(C(c3cccc(Oc4cccc(C)c4)c3)(C(F)(F)F)C(F)(F)F)c2)c1. The predicted octanol–water partition coefficient (Wildman–Crippen LogP) is 9.30. The minimum Gasteiger partial charge on any atom is -0.457 e. The average Bonchev–Trinajstić information content (AvgIpc) is 2.78. The lowest BCUT2D eigenvalue weighted by molar-refractivity contribution is -0.288. The summed E-state index contributed by atoms with van der Waals surface area (Å²) in [6.07, 6.45) is -11.5.